The van der Waals surface area contributed by atoms with Gasteiger partial charge in [-0.25, -0.2) is 0 Å². The summed E-state index contributed by atoms with van der Waals surface area (Å²) in [4.78, 5) is 0. The maximum Gasteiger partial charge on any atom is 0.416 e. The number of anilines is 1. The number of hydrogen-bond acceptors (Lipinski definition) is 2. The van der Waals surface area contributed by atoms with Gasteiger partial charge in [0.2, 0.25) is 0 Å². The standard InChI is InChI=1S/C10H7BrF3N3/c11-8-3-5(10(12,13)14)1-2-6(8)7-4-16-17-9(7)15/h1-4H,(H3,15,16,17). The van der Waals surface area contributed by atoms with Gasteiger partial charge in [0.15, 0.2) is 0 Å². The monoisotopic (exact) mass is 305 g/mol. The first-order valence-electron chi connectivity index (χ1n) is 4.55. The lowest BCUT2D eigenvalue weighted by Crippen LogP contribution is -2.04. The Morgan fingerprint density at radius 3 is 2.41 bits per heavy atom. The van der Waals surface area contributed by atoms with Crippen molar-refractivity contribution >= 4 is 21.7 Å². The molecule has 3 nitrogen and oxygen atoms in total. The van der Waals surface area contributed by atoms with Crippen molar-refractivity contribution in [3.05, 3.63) is 34.4 Å². The van der Waals surface area contributed by atoms with Crippen LogP contribution in [0.2, 0.25) is 0 Å². The molecule has 0 radical (unpaired) electrons. The molecule has 7 heteroatoms. The van der Waals surface area contributed by atoms with E-state index in [1.54, 1.807) is 0 Å². The average Bonchev–Trinajstić information content (AvgIpc) is 2.63. The van der Waals surface area contributed by atoms with Crippen molar-refractivity contribution in [1.82, 2.24) is 10.2 Å². The number of alkyl halides is 3. The predicted octanol–water partition coefficient (Wildman–Crippen LogP) is 3.44. The van der Waals surface area contributed by atoms with Crippen LogP contribution in [0, 0.1) is 0 Å². The lowest BCUT2D eigenvalue weighted by Gasteiger charge is -2.09. The van der Waals surface area contributed by atoms with E-state index in [4.69, 9.17) is 5.73 Å². The van der Waals surface area contributed by atoms with E-state index in [1.165, 1.54) is 12.3 Å². The minimum absolute atomic E-state index is 0.311. The Bertz CT molecular complexity index is 548. The number of aromatic amines is 1. The summed E-state index contributed by atoms with van der Waals surface area (Å²) in [5, 5.41) is 6.24. The summed E-state index contributed by atoms with van der Waals surface area (Å²) >= 11 is 3.10. The highest BCUT2D eigenvalue weighted by atomic mass is 79.9. The number of nitrogen functional groups attached to an aromatic ring is 1. The second kappa shape index (κ2) is 4.06. The van der Waals surface area contributed by atoms with E-state index in [0.29, 0.717) is 21.4 Å². The summed E-state index contributed by atoms with van der Waals surface area (Å²) in [6.45, 7) is 0. The van der Waals surface area contributed by atoms with Crippen LogP contribution in [0.3, 0.4) is 0 Å². The minimum atomic E-state index is -4.36. The van der Waals surface area contributed by atoms with Gasteiger partial charge in [0.1, 0.15) is 5.82 Å². The summed E-state index contributed by atoms with van der Waals surface area (Å²) in [5.41, 5.74) is 6.01. The van der Waals surface area contributed by atoms with Crippen LogP contribution < -0.4 is 5.73 Å². The van der Waals surface area contributed by atoms with Crippen LogP contribution in [-0.4, -0.2) is 10.2 Å². The highest BCUT2D eigenvalue weighted by Gasteiger charge is 2.31. The van der Waals surface area contributed by atoms with Gasteiger partial charge in [0.25, 0.3) is 0 Å². The molecule has 0 spiro atoms. The molecule has 0 saturated heterocycles. The number of benzene rings is 1. The van der Waals surface area contributed by atoms with Crippen LogP contribution in [0.25, 0.3) is 11.1 Å². The molecule has 90 valence electrons. The highest BCUT2D eigenvalue weighted by Crippen LogP contribution is 2.36. The molecule has 2 rings (SSSR count). The van der Waals surface area contributed by atoms with Gasteiger partial charge in [-0.3, -0.25) is 5.10 Å². The molecule has 2 aromatic rings. The van der Waals surface area contributed by atoms with Crippen LogP contribution in [-0.2, 0) is 6.18 Å². The van der Waals surface area contributed by atoms with Gasteiger partial charge in [0.05, 0.1) is 11.8 Å². The van der Waals surface area contributed by atoms with Crippen molar-refractivity contribution in [2.45, 2.75) is 6.18 Å². The molecule has 0 atom stereocenters. The van der Waals surface area contributed by atoms with Crippen molar-refractivity contribution in [3.63, 3.8) is 0 Å². The third-order valence-electron chi connectivity index (χ3n) is 2.26. The summed E-state index contributed by atoms with van der Waals surface area (Å²) < 4.78 is 37.7. The molecule has 0 aliphatic rings. The molecule has 1 heterocycles. The molecule has 17 heavy (non-hydrogen) atoms. The quantitative estimate of drug-likeness (QED) is 0.848. The van der Waals surface area contributed by atoms with Crippen LogP contribution in [0.15, 0.2) is 28.9 Å². The smallest absolute Gasteiger partial charge is 0.384 e. The van der Waals surface area contributed by atoms with Crippen LogP contribution in [0.4, 0.5) is 19.0 Å². The first-order chi connectivity index (χ1) is 7.89. The van der Waals surface area contributed by atoms with Crippen molar-refractivity contribution in [2.24, 2.45) is 0 Å². The molecule has 0 unspecified atom stereocenters. The summed E-state index contributed by atoms with van der Waals surface area (Å²) in [6.07, 6.45) is -2.90. The molecule has 1 aromatic heterocycles. The molecule has 1 aromatic carbocycles. The van der Waals surface area contributed by atoms with Gasteiger partial charge < -0.3 is 5.73 Å². The van der Waals surface area contributed by atoms with Crippen LogP contribution in [0.5, 0.6) is 0 Å². The van der Waals surface area contributed by atoms with E-state index < -0.39 is 11.7 Å². The van der Waals surface area contributed by atoms with Crippen LogP contribution >= 0.6 is 15.9 Å². The van der Waals surface area contributed by atoms with E-state index in [0.717, 1.165) is 12.1 Å². The van der Waals surface area contributed by atoms with Gasteiger partial charge in [-0.05, 0) is 12.1 Å². The Kier molecular flexibility index (Phi) is 2.86. The number of nitrogens with two attached hydrogens (primary N) is 1. The Hall–Kier alpha value is -1.50. The van der Waals surface area contributed by atoms with E-state index in [1.807, 2.05) is 0 Å². The predicted molar refractivity (Wildman–Crippen MR) is 61.1 cm³/mol. The lowest BCUT2D eigenvalue weighted by atomic mass is 10.1. The van der Waals surface area contributed by atoms with Gasteiger partial charge in [-0.2, -0.15) is 18.3 Å². The second-order valence-electron chi connectivity index (χ2n) is 3.39. The molecule has 0 fully saturated rings. The Morgan fingerprint density at radius 1 is 1.24 bits per heavy atom. The minimum Gasteiger partial charge on any atom is -0.384 e. The van der Waals surface area contributed by atoms with Crippen molar-refractivity contribution in [2.75, 3.05) is 5.73 Å². The van der Waals surface area contributed by atoms with Crippen molar-refractivity contribution < 1.29 is 13.2 Å². The zero-order valence-corrected chi connectivity index (χ0v) is 9.93. The molecule has 0 amide bonds. The molecule has 0 aliphatic heterocycles. The fraction of sp³-hybridized carbons (Fsp3) is 0.100. The normalized spacial score (nSPS) is 11.8. The largest absolute Gasteiger partial charge is 0.416 e. The number of nitrogens with one attached hydrogen (secondary N) is 1. The SMILES string of the molecule is Nc1[nH]ncc1-c1ccc(C(F)(F)F)cc1Br. The zero-order valence-electron chi connectivity index (χ0n) is 8.35. The summed E-state index contributed by atoms with van der Waals surface area (Å²) in [7, 11) is 0. The highest BCUT2D eigenvalue weighted by molar-refractivity contribution is 9.10. The van der Waals surface area contributed by atoms with Gasteiger partial charge in [-0.1, -0.05) is 22.0 Å². The fourth-order valence-corrected chi connectivity index (χ4v) is 2.01. The van der Waals surface area contributed by atoms with Gasteiger partial charge >= 0.3 is 6.18 Å². The Balaban J connectivity index is 2.50. The zero-order chi connectivity index (χ0) is 12.6. The number of aromatic nitrogens is 2. The van der Waals surface area contributed by atoms with Crippen molar-refractivity contribution in [1.29, 1.82) is 0 Å². The number of nitrogens with zero attached hydrogens (tertiary/aromatic N) is 1. The number of rotatable bonds is 1. The molecular weight excluding hydrogens is 299 g/mol. The van der Waals surface area contributed by atoms with E-state index in [9.17, 15) is 13.2 Å². The second-order valence-corrected chi connectivity index (χ2v) is 4.24. The van der Waals surface area contributed by atoms with Gasteiger partial charge in [0, 0.05) is 15.6 Å². The molecule has 0 aliphatic carbocycles. The average molecular weight is 306 g/mol. The number of halogens is 4. The maximum atomic E-state index is 12.5. The van der Waals surface area contributed by atoms with E-state index in [-0.39, 0.29) is 0 Å². The Morgan fingerprint density at radius 2 is 1.94 bits per heavy atom. The summed E-state index contributed by atoms with van der Waals surface area (Å²) in [6, 6.07) is 3.38. The third-order valence-corrected chi connectivity index (χ3v) is 2.91. The Labute approximate surface area is 103 Å². The molecule has 0 bridgehead atoms. The molecule has 3 N–H and O–H groups in total. The van der Waals surface area contributed by atoms with E-state index in [2.05, 4.69) is 26.1 Å². The van der Waals surface area contributed by atoms with Crippen molar-refractivity contribution in [3.8, 4) is 11.1 Å². The first kappa shape index (κ1) is 12.0. The van der Waals surface area contributed by atoms with E-state index >= 15 is 0 Å². The third kappa shape index (κ3) is 2.28. The first-order valence-corrected chi connectivity index (χ1v) is 5.35. The lowest BCUT2D eigenvalue weighted by molar-refractivity contribution is -0.137. The number of hydrogen-bond donors (Lipinski definition) is 2. The maximum absolute atomic E-state index is 12.5. The van der Waals surface area contributed by atoms with Crippen LogP contribution in [0.1, 0.15) is 5.56 Å². The molecular formula is C10H7BrF3N3. The topological polar surface area (TPSA) is 54.7 Å². The summed E-state index contributed by atoms with van der Waals surface area (Å²) in [5.74, 6) is 0.311. The fourth-order valence-electron chi connectivity index (χ4n) is 1.42. The number of H-pyrrole nitrogens is 1. The van der Waals surface area contributed by atoms with Gasteiger partial charge in [-0.15, -0.1) is 0 Å². The molecule has 0 saturated carbocycles.